The van der Waals surface area contributed by atoms with Crippen LogP contribution in [0.2, 0.25) is 0 Å². The number of aryl methyl sites for hydroxylation is 2. The SMILES string of the molecule is CCn1c(O)c(N=NC(=O)c2cc(OC)c(OC)c(OC)c2)c2cc(C)ccc21. The number of carbonyl (C=O) groups is 1. The molecule has 0 saturated heterocycles. The van der Waals surface area contributed by atoms with Crippen LogP contribution in [0, 0.1) is 6.92 Å². The number of azo groups is 1. The minimum atomic E-state index is -0.603. The van der Waals surface area contributed by atoms with Crippen LogP contribution in [0.1, 0.15) is 22.8 Å². The molecule has 0 saturated carbocycles. The second kappa shape index (κ2) is 8.22. The van der Waals surface area contributed by atoms with E-state index >= 15 is 0 Å². The molecule has 0 unspecified atom stereocenters. The minimum Gasteiger partial charge on any atom is -0.493 e. The Hall–Kier alpha value is -3.55. The summed E-state index contributed by atoms with van der Waals surface area (Å²) in [4.78, 5) is 12.6. The van der Waals surface area contributed by atoms with Gasteiger partial charge in [-0.15, -0.1) is 10.2 Å². The van der Waals surface area contributed by atoms with E-state index < -0.39 is 5.91 Å². The lowest BCUT2D eigenvalue weighted by Crippen LogP contribution is -2.00. The number of amides is 1. The van der Waals surface area contributed by atoms with E-state index in [-0.39, 0.29) is 17.1 Å². The maximum absolute atomic E-state index is 12.6. The van der Waals surface area contributed by atoms with Gasteiger partial charge >= 0.3 is 0 Å². The Bertz CT molecular complexity index is 1080. The van der Waals surface area contributed by atoms with Crippen LogP contribution in [0.5, 0.6) is 23.1 Å². The molecule has 0 aliphatic carbocycles. The Morgan fingerprint density at radius 2 is 1.72 bits per heavy atom. The summed E-state index contributed by atoms with van der Waals surface area (Å²) in [5, 5.41) is 19.2. The Kier molecular flexibility index (Phi) is 5.72. The van der Waals surface area contributed by atoms with Gasteiger partial charge in [0.15, 0.2) is 17.2 Å². The van der Waals surface area contributed by atoms with E-state index in [9.17, 15) is 9.90 Å². The molecule has 29 heavy (non-hydrogen) atoms. The topological polar surface area (TPSA) is 94.6 Å². The van der Waals surface area contributed by atoms with Gasteiger partial charge in [0, 0.05) is 11.9 Å². The van der Waals surface area contributed by atoms with Gasteiger partial charge in [-0.25, -0.2) is 0 Å². The van der Waals surface area contributed by atoms with E-state index in [1.807, 2.05) is 32.0 Å². The average molecular weight is 397 g/mol. The van der Waals surface area contributed by atoms with Crippen molar-refractivity contribution in [2.75, 3.05) is 21.3 Å². The Balaban J connectivity index is 2.04. The summed E-state index contributed by atoms with van der Waals surface area (Å²) in [6.45, 7) is 4.42. The summed E-state index contributed by atoms with van der Waals surface area (Å²) in [6, 6.07) is 8.77. The molecule has 1 aromatic heterocycles. The highest BCUT2D eigenvalue weighted by molar-refractivity contribution is 5.98. The van der Waals surface area contributed by atoms with Crippen molar-refractivity contribution in [1.82, 2.24) is 4.57 Å². The largest absolute Gasteiger partial charge is 0.493 e. The number of carbonyl (C=O) groups excluding carboxylic acids is 1. The van der Waals surface area contributed by atoms with Crippen molar-refractivity contribution in [2.45, 2.75) is 20.4 Å². The first-order valence-corrected chi connectivity index (χ1v) is 9.03. The molecule has 3 rings (SSSR count). The van der Waals surface area contributed by atoms with Gasteiger partial charge in [-0.2, -0.15) is 0 Å². The molecule has 0 spiro atoms. The van der Waals surface area contributed by atoms with Gasteiger partial charge in [0.05, 0.1) is 32.4 Å². The molecule has 0 aliphatic rings. The van der Waals surface area contributed by atoms with E-state index in [2.05, 4.69) is 10.2 Å². The third-order valence-corrected chi connectivity index (χ3v) is 4.63. The smallest absolute Gasteiger partial charge is 0.295 e. The number of rotatable bonds is 6. The molecule has 0 fully saturated rings. The zero-order valence-electron chi connectivity index (χ0n) is 17.0. The van der Waals surface area contributed by atoms with E-state index in [4.69, 9.17) is 14.2 Å². The van der Waals surface area contributed by atoms with E-state index in [0.29, 0.717) is 23.8 Å². The van der Waals surface area contributed by atoms with Gasteiger partial charge in [-0.3, -0.25) is 4.79 Å². The summed E-state index contributed by atoms with van der Waals surface area (Å²) in [5.74, 6) is 0.420. The molecule has 0 radical (unpaired) electrons. The second-order valence-corrected chi connectivity index (χ2v) is 6.36. The highest BCUT2D eigenvalue weighted by Crippen LogP contribution is 2.40. The van der Waals surface area contributed by atoms with Crippen LogP contribution in [0.25, 0.3) is 10.9 Å². The van der Waals surface area contributed by atoms with Gasteiger partial charge in [-0.05, 0) is 38.1 Å². The molecule has 1 N–H and O–H groups in total. The summed E-state index contributed by atoms with van der Waals surface area (Å²) in [7, 11) is 4.41. The molecule has 2 aromatic carbocycles. The molecular weight excluding hydrogens is 374 g/mol. The van der Waals surface area contributed by atoms with Crippen molar-refractivity contribution >= 4 is 22.5 Å². The molecule has 8 heteroatoms. The maximum Gasteiger partial charge on any atom is 0.295 e. The molecule has 0 aliphatic heterocycles. The fourth-order valence-electron chi connectivity index (χ4n) is 3.21. The quantitative estimate of drug-likeness (QED) is 0.612. The molecular formula is C21H23N3O5. The summed E-state index contributed by atoms with van der Waals surface area (Å²) in [5.41, 5.74) is 2.31. The number of fused-ring (bicyclic) bond motifs is 1. The number of aromatic nitrogens is 1. The van der Waals surface area contributed by atoms with Gasteiger partial charge in [-0.1, -0.05) is 11.6 Å². The summed E-state index contributed by atoms with van der Waals surface area (Å²) >= 11 is 0. The maximum atomic E-state index is 12.6. The second-order valence-electron chi connectivity index (χ2n) is 6.36. The van der Waals surface area contributed by atoms with Crippen molar-refractivity contribution in [1.29, 1.82) is 0 Å². The zero-order valence-corrected chi connectivity index (χ0v) is 17.0. The van der Waals surface area contributed by atoms with Crippen LogP contribution in [0.15, 0.2) is 40.6 Å². The fraction of sp³-hybridized carbons (Fsp3) is 0.286. The van der Waals surface area contributed by atoms with Crippen molar-refractivity contribution in [3.8, 4) is 23.1 Å². The zero-order chi connectivity index (χ0) is 21.1. The monoisotopic (exact) mass is 397 g/mol. The number of benzene rings is 2. The van der Waals surface area contributed by atoms with Crippen molar-refractivity contribution in [2.24, 2.45) is 10.2 Å². The van der Waals surface area contributed by atoms with Crippen molar-refractivity contribution in [3.05, 3.63) is 41.5 Å². The van der Waals surface area contributed by atoms with E-state index in [0.717, 1.165) is 16.5 Å². The summed E-state index contributed by atoms with van der Waals surface area (Å²) in [6.07, 6.45) is 0. The number of methoxy groups -OCH3 is 3. The van der Waals surface area contributed by atoms with E-state index in [1.165, 1.54) is 33.5 Å². The van der Waals surface area contributed by atoms with Gasteiger partial charge in [0.1, 0.15) is 0 Å². The van der Waals surface area contributed by atoms with Crippen molar-refractivity contribution in [3.63, 3.8) is 0 Å². The molecule has 0 atom stereocenters. The first-order chi connectivity index (χ1) is 13.9. The molecule has 8 nitrogen and oxygen atoms in total. The van der Waals surface area contributed by atoms with Crippen LogP contribution in [0.4, 0.5) is 5.69 Å². The lowest BCUT2D eigenvalue weighted by atomic mass is 10.1. The normalized spacial score (nSPS) is 11.2. The third-order valence-electron chi connectivity index (χ3n) is 4.63. The van der Waals surface area contributed by atoms with Crippen LogP contribution >= 0.6 is 0 Å². The lowest BCUT2D eigenvalue weighted by Gasteiger charge is -2.12. The van der Waals surface area contributed by atoms with Crippen LogP contribution in [-0.4, -0.2) is 36.9 Å². The molecule has 0 bridgehead atoms. The Labute approximate surface area is 168 Å². The third kappa shape index (κ3) is 3.61. The first kappa shape index (κ1) is 20.2. The molecule has 1 heterocycles. The first-order valence-electron chi connectivity index (χ1n) is 9.03. The number of hydrogen-bond donors (Lipinski definition) is 1. The molecule has 152 valence electrons. The molecule has 3 aromatic rings. The standard InChI is InChI=1S/C21H23N3O5/c1-6-24-15-8-7-12(2)9-14(15)18(21(24)26)22-23-20(25)13-10-16(27-3)19(29-5)17(11-13)28-4/h7-11,26H,6H2,1-5H3. The van der Waals surface area contributed by atoms with Crippen LogP contribution in [0.3, 0.4) is 0 Å². The summed E-state index contributed by atoms with van der Waals surface area (Å²) < 4.78 is 17.5. The fourth-order valence-corrected chi connectivity index (χ4v) is 3.21. The minimum absolute atomic E-state index is 0.0328. The highest BCUT2D eigenvalue weighted by atomic mass is 16.5. The number of nitrogens with zero attached hydrogens (tertiary/aromatic N) is 3. The molecule has 1 amide bonds. The van der Waals surface area contributed by atoms with Crippen LogP contribution in [-0.2, 0) is 6.54 Å². The van der Waals surface area contributed by atoms with Gasteiger partial charge < -0.3 is 23.9 Å². The number of ether oxygens (including phenoxy) is 3. The van der Waals surface area contributed by atoms with E-state index in [1.54, 1.807) is 4.57 Å². The van der Waals surface area contributed by atoms with Crippen molar-refractivity contribution < 1.29 is 24.1 Å². The number of aromatic hydroxyl groups is 1. The number of hydrogen-bond acceptors (Lipinski definition) is 6. The van der Waals surface area contributed by atoms with Gasteiger partial charge in [0.25, 0.3) is 5.91 Å². The lowest BCUT2D eigenvalue weighted by molar-refractivity contribution is 0.0994. The predicted molar refractivity (Wildman–Crippen MR) is 109 cm³/mol. The average Bonchev–Trinajstić information content (AvgIpc) is 3.00. The van der Waals surface area contributed by atoms with Crippen LogP contribution < -0.4 is 14.2 Å². The highest BCUT2D eigenvalue weighted by Gasteiger charge is 2.19. The Morgan fingerprint density at radius 3 is 2.28 bits per heavy atom. The Morgan fingerprint density at radius 1 is 1.07 bits per heavy atom. The van der Waals surface area contributed by atoms with Gasteiger partial charge in [0.2, 0.25) is 11.6 Å². The predicted octanol–water partition coefficient (Wildman–Crippen LogP) is 4.63.